The van der Waals surface area contributed by atoms with Crippen molar-refractivity contribution in [1.29, 1.82) is 0 Å². The van der Waals surface area contributed by atoms with Crippen LogP contribution in [0.2, 0.25) is 0 Å². The van der Waals surface area contributed by atoms with Crippen molar-refractivity contribution in [1.82, 2.24) is 10.6 Å². The van der Waals surface area contributed by atoms with E-state index in [1.54, 1.807) is 0 Å². The van der Waals surface area contributed by atoms with Crippen LogP contribution in [0, 0.1) is 9.39 Å². The molecule has 1 aromatic rings. The number of carbonyl (C=O) groups is 1. The maximum absolute atomic E-state index is 13.0. The van der Waals surface area contributed by atoms with Gasteiger partial charge in [-0.15, -0.1) is 0 Å². The van der Waals surface area contributed by atoms with Gasteiger partial charge in [0, 0.05) is 10.1 Å². The van der Waals surface area contributed by atoms with Gasteiger partial charge < -0.3 is 15.4 Å². The third-order valence-electron chi connectivity index (χ3n) is 3.20. The molecule has 0 radical (unpaired) electrons. The fraction of sp³-hybridized carbons (Fsp3) is 0.500. The van der Waals surface area contributed by atoms with Gasteiger partial charge in [0.05, 0.1) is 18.3 Å². The summed E-state index contributed by atoms with van der Waals surface area (Å²) in [4.78, 5) is 11.9. The molecule has 0 aliphatic carbocycles. The summed E-state index contributed by atoms with van der Waals surface area (Å²) >= 11 is 1.96. The van der Waals surface area contributed by atoms with Crippen LogP contribution in [-0.2, 0) is 4.74 Å². The second kappa shape index (κ2) is 7.90. The van der Waals surface area contributed by atoms with Crippen LogP contribution in [0.3, 0.4) is 0 Å². The monoisotopic (exact) mass is 392 g/mol. The first-order chi connectivity index (χ1) is 9.66. The van der Waals surface area contributed by atoms with Gasteiger partial charge in [-0.05, 0) is 66.7 Å². The third-order valence-corrected chi connectivity index (χ3v) is 4.10. The molecule has 0 spiro atoms. The third kappa shape index (κ3) is 4.68. The summed E-state index contributed by atoms with van der Waals surface area (Å²) in [5.41, 5.74) is 0.494. The fourth-order valence-corrected chi connectivity index (χ4v) is 2.84. The molecule has 1 saturated heterocycles. The molecule has 2 N–H and O–H groups in total. The molecule has 0 aromatic heterocycles. The Labute approximate surface area is 131 Å². The lowest BCUT2D eigenvalue weighted by Crippen LogP contribution is -2.35. The summed E-state index contributed by atoms with van der Waals surface area (Å²) in [6.07, 6.45) is 2.33. The number of rotatable bonds is 5. The minimum Gasteiger partial charge on any atom is -0.376 e. The SMILES string of the molecule is O=C(NCCOC1CCNCC1)c1ccc(F)cc1I. The Morgan fingerprint density at radius 2 is 2.20 bits per heavy atom. The normalized spacial score (nSPS) is 16.1. The summed E-state index contributed by atoms with van der Waals surface area (Å²) in [7, 11) is 0. The van der Waals surface area contributed by atoms with Crippen LogP contribution >= 0.6 is 22.6 Å². The average Bonchev–Trinajstić information content (AvgIpc) is 2.44. The molecule has 110 valence electrons. The van der Waals surface area contributed by atoms with Crippen molar-refractivity contribution in [2.45, 2.75) is 18.9 Å². The molecule has 0 saturated carbocycles. The first kappa shape index (κ1) is 15.7. The Balaban J connectivity index is 1.72. The number of ether oxygens (including phenoxy) is 1. The minimum absolute atomic E-state index is 0.191. The molecule has 6 heteroatoms. The van der Waals surface area contributed by atoms with E-state index in [2.05, 4.69) is 10.6 Å². The Morgan fingerprint density at radius 1 is 1.45 bits per heavy atom. The molecule has 1 aromatic carbocycles. The van der Waals surface area contributed by atoms with E-state index in [0.717, 1.165) is 25.9 Å². The van der Waals surface area contributed by atoms with Crippen LogP contribution in [0.4, 0.5) is 4.39 Å². The van der Waals surface area contributed by atoms with Gasteiger partial charge >= 0.3 is 0 Å². The summed E-state index contributed by atoms with van der Waals surface area (Å²) in [5.74, 6) is -0.525. The lowest BCUT2D eigenvalue weighted by molar-refractivity contribution is 0.0343. The molecular weight excluding hydrogens is 374 g/mol. The zero-order chi connectivity index (χ0) is 14.4. The average molecular weight is 392 g/mol. The second-order valence-corrected chi connectivity index (χ2v) is 5.86. The molecule has 4 nitrogen and oxygen atoms in total. The molecule has 1 aliphatic heterocycles. The fourth-order valence-electron chi connectivity index (χ4n) is 2.12. The van der Waals surface area contributed by atoms with Crippen molar-refractivity contribution in [2.75, 3.05) is 26.2 Å². The number of benzene rings is 1. The highest BCUT2D eigenvalue weighted by Gasteiger charge is 2.13. The summed E-state index contributed by atoms with van der Waals surface area (Å²) in [6, 6.07) is 4.14. The zero-order valence-corrected chi connectivity index (χ0v) is 13.3. The number of carbonyl (C=O) groups excluding carboxylic acids is 1. The van der Waals surface area contributed by atoms with E-state index in [4.69, 9.17) is 4.74 Å². The number of nitrogens with one attached hydrogen (secondary N) is 2. The predicted molar refractivity (Wildman–Crippen MR) is 83.3 cm³/mol. The topological polar surface area (TPSA) is 50.4 Å². The number of hydrogen-bond acceptors (Lipinski definition) is 3. The van der Waals surface area contributed by atoms with Gasteiger partial charge in [0.15, 0.2) is 0 Å². The number of halogens is 2. The number of hydrogen-bond donors (Lipinski definition) is 2. The Hall–Kier alpha value is -0.730. The maximum atomic E-state index is 13.0. The molecule has 1 aliphatic rings. The molecule has 0 bridgehead atoms. The van der Waals surface area contributed by atoms with Crippen molar-refractivity contribution in [2.24, 2.45) is 0 Å². The van der Waals surface area contributed by atoms with Crippen LogP contribution in [-0.4, -0.2) is 38.3 Å². The van der Waals surface area contributed by atoms with Crippen molar-refractivity contribution in [3.63, 3.8) is 0 Å². The van der Waals surface area contributed by atoms with E-state index >= 15 is 0 Å². The van der Waals surface area contributed by atoms with Gasteiger partial charge in [0.25, 0.3) is 5.91 Å². The van der Waals surface area contributed by atoms with Crippen LogP contribution in [0.15, 0.2) is 18.2 Å². The second-order valence-electron chi connectivity index (χ2n) is 4.70. The van der Waals surface area contributed by atoms with Crippen LogP contribution in [0.25, 0.3) is 0 Å². The summed E-state index contributed by atoms with van der Waals surface area (Å²) in [6.45, 7) is 2.96. The highest BCUT2D eigenvalue weighted by Crippen LogP contribution is 2.13. The van der Waals surface area contributed by atoms with Gasteiger partial charge in [-0.1, -0.05) is 0 Å². The zero-order valence-electron chi connectivity index (χ0n) is 11.1. The largest absolute Gasteiger partial charge is 0.376 e. The van der Waals surface area contributed by atoms with Crippen molar-refractivity contribution >= 4 is 28.5 Å². The number of amides is 1. The standard InChI is InChI=1S/C14H18FIN2O2/c15-10-1-2-12(13(16)9-10)14(19)18-7-8-20-11-3-5-17-6-4-11/h1-2,9,11,17H,3-8H2,(H,18,19). The van der Waals surface area contributed by atoms with Crippen LogP contribution < -0.4 is 10.6 Å². The molecule has 1 amide bonds. The molecule has 0 atom stereocenters. The first-order valence-corrected chi connectivity index (χ1v) is 7.80. The van der Waals surface area contributed by atoms with E-state index in [0.29, 0.717) is 28.4 Å². The highest BCUT2D eigenvalue weighted by molar-refractivity contribution is 14.1. The molecule has 0 unspecified atom stereocenters. The Kier molecular flexibility index (Phi) is 6.18. The molecule has 1 fully saturated rings. The number of piperidine rings is 1. The van der Waals surface area contributed by atoms with Gasteiger partial charge in [0.1, 0.15) is 5.82 Å². The van der Waals surface area contributed by atoms with Crippen molar-refractivity contribution in [3.8, 4) is 0 Å². The van der Waals surface area contributed by atoms with E-state index in [-0.39, 0.29) is 11.7 Å². The smallest absolute Gasteiger partial charge is 0.252 e. The Bertz CT molecular complexity index is 464. The minimum atomic E-state index is -0.333. The van der Waals surface area contributed by atoms with E-state index < -0.39 is 0 Å². The molecule has 20 heavy (non-hydrogen) atoms. The highest BCUT2D eigenvalue weighted by atomic mass is 127. The predicted octanol–water partition coefficient (Wildman–Crippen LogP) is 1.93. The van der Waals surface area contributed by atoms with Gasteiger partial charge in [-0.3, -0.25) is 4.79 Å². The maximum Gasteiger partial charge on any atom is 0.252 e. The molecule has 2 rings (SSSR count). The molecular formula is C14H18FIN2O2. The van der Waals surface area contributed by atoms with Gasteiger partial charge in [-0.25, -0.2) is 4.39 Å². The van der Waals surface area contributed by atoms with Crippen LogP contribution in [0.5, 0.6) is 0 Å². The van der Waals surface area contributed by atoms with E-state index in [1.165, 1.54) is 18.2 Å². The van der Waals surface area contributed by atoms with E-state index in [1.807, 2.05) is 22.6 Å². The quantitative estimate of drug-likeness (QED) is 0.595. The van der Waals surface area contributed by atoms with Crippen LogP contribution in [0.1, 0.15) is 23.2 Å². The van der Waals surface area contributed by atoms with Crippen molar-refractivity contribution in [3.05, 3.63) is 33.1 Å². The lowest BCUT2D eigenvalue weighted by atomic mass is 10.1. The first-order valence-electron chi connectivity index (χ1n) is 6.72. The van der Waals surface area contributed by atoms with E-state index in [9.17, 15) is 9.18 Å². The van der Waals surface area contributed by atoms with Crippen molar-refractivity contribution < 1.29 is 13.9 Å². The summed E-state index contributed by atoms with van der Waals surface area (Å²) < 4.78 is 19.3. The Morgan fingerprint density at radius 3 is 2.90 bits per heavy atom. The van der Waals surface area contributed by atoms with Gasteiger partial charge in [-0.2, -0.15) is 0 Å². The van der Waals surface area contributed by atoms with Gasteiger partial charge in [0.2, 0.25) is 0 Å². The summed E-state index contributed by atoms with van der Waals surface area (Å²) in [5, 5.41) is 6.07. The molecule has 1 heterocycles. The lowest BCUT2D eigenvalue weighted by Gasteiger charge is -2.22.